The summed E-state index contributed by atoms with van der Waals surface area (Å²) in [6, 6.07) is 0.413. The second-order valence-electron chi connectivity index (χ2n) is 3.82. The first-order chi connectivity index (χ1) is 6.75. The zero-order chi connectivity index (χ0) is 9.97. The molecular weight excluding hydrogens is 198 g/mol. The van der Waals surface area contributed by atoms with Crippen molar-refractivity contribution in [1.29, 1.82) is 0 Å². The van der Waals surface area contributed by atoms with Gasteiger partial charge in [-0.1, -0.05) is 0 Å². The molecule has 1 aliphatic rings. The van der Waals surface area contributed by atoms with Crippen molar-refractivity contribution < 1.29 is 4.74 Å². The first-order valence-electron chi connectivity index (χ1n) is 4.93. The molecule has 78 valence electrons. The largest absolute Gasteiger partial charge is 0.381 e. The molecule has 1 aromatic heterocycles. The van der Waals surface area contributed by atoms with Gasteiger partial charge in [-0.2, -0.15) is 4.37 Å². The maximum absolute atomic E-state index is 5.31. The third-order valence-electron chi connectivity index (χ3n) is 2.15. The van der Waals surface area contributed by atoms with Gasteiger partial charge in [-0.05, 0) is 20.3 Å². The molecule has 0 bridgehead atoms. The predicted octanol–water partition coefficient (Wildman–Crippen LogP) is 1.86. The molecule has 2 heterocycles. The van der Waals surface area contributed by atoms with Crippen molar-refractivity contribution in [2.45, 2.75) is 32.2 Å². The topological polar surface area (TPSA) is 47.0 Å². The Bertz CT molecular complexity index is 294. The summed E-state index contributed by atoms with van der Waals surface area (Å²) in [6.07, 6.45) is 1.05. The van der Waals surface area contributed by atoms with Gasteiger partial charge in [0, 0.05) is 30.1 Å². The van der Waals surface area contributed by atoms with Crippen LogP contribution >= 0.6 is 11.5 Å². The van der Waals surface area contributed by atoms with Crippen LogP contribution in [0.25, 0.3) is 0 Å². The number of anilines is 1. The fraction of sp³-hybridized carbons (Fsp3) is 0.778. The molecule has 1 aliphatic heterocycles. The van der Waals surface area contributed by atoms with E-state index in [0.717, 1.165) is 30.6 Å². The van der Waals surface area contributed by atoms with Gasteiger partial charge in [-0.15, -0.1) is 0 Å². The molecule has 1 aromatic rings. The lowest BCUT2D eigenvalue weighted by atomic mass is 10.1. The molecule has 14 heavy (non-hydrogen) atoms. The van der Waals surface area contributed by atoms with E-state index in [1.165, 1.54) is 11.5 Å². The van der Waals surface area contributed by atoms with Crippen LogP contribution in [0.5, 0.6) is 0 Å². The van der Waals surface area contributed by atoms with Crippen LogP contribution in [0.2, 0.25) is 0 Å². The third kappa shape index (κ3) is 2.22. The molecule has 1 atom stereocenters. The third-order valence-corrected chi connectivity index (χ3v) is 2.81. The molecule has 1 fully saturated rings. The van der Waals surface area contributed by atoms with Crippen molar-refractivity contribution in [3.05, 3.63) is 5.82 Å². The van der Waals surface area contributed by atoms with Gasteiger partial charge < -0.3 is 10.1 Å². The first kappa shape index (κ1) is 9.86. The molecule has 0 saturated carbocycles. The zero-order valence-electron chi connectivity index (χ0n) is 8.49. The number of aromatic nitrogens is 2. The van der Waals surface area contributed by atoms with E-state index in [4.69, 9.17) is 4.74 Å². The van der Waals surface area contributed by atoms with Gasteiger partial charge in [0.1, 0.15) is 5.82 Å². The van der Waals surface area contributed by atoms with Crippen molar-refractivity contribution in [3.8, 4) is 0 Å². The lowest BCUT2D eigenvalue weighted by Crippen LogP contribution is -2.09. The van der Waals surface area contributed by atoms with Crippen LogP contribution in [0.15, 0.2) is 0 Å². The molecule has 0 amide bonds. The number of hydrogen-bond acceptors (Lipinski definition) is 5. The van der Waals surface area contributed by atoms with Gasteiger partial charge in [0.15, 0.2) is 0 Å². The number of ether oxygens (including phenoxy) is 1. The summed E-state index contributed by atoms with van der Waals surface area (Å²) in [5.74, 6) is 1.35. The van der Waals surface area contributed by atoms with Crippen molar-refractivity contribution in [2.75, 3.05) is 18.5 Å². The first-order valence-corrected chi connectivity index (χ1v) is 5.71. The molecule has 0 aliphatic carbocycles. The highest BCUT2D eigenvalue weighted by molar-refractivity contribution is 7.09. The SMILES string of the molecule is CC(C)Nc1nc(C2CCOC2)ns1. The number of rotatable bonds is 3. The maximum atomic E-state index is 5.31. The van der Waals surface area contributed by atoms with Crippen LogP contribution in [-0.4, -0.2) is 28.6 Å². The number of nitrogens with zero attached hydrogens (tertiary/aromatic N) is 2. The minimum absolute atomic E-state index is 0.411. The molecule has 0 radical (unpaired) electrons. The highest BCUT2D eigenvalue weighted by Crippen LogP contribution is 2.25. The summed E-state index contributed by atoms with van der Waals surface area (Å²) in [7, 11) is 0. The highest BCUT2D eigenvalue weighted by atomic mass is 32.1. The molecule has 4 nitrogen and oxygen atoms in total. The fourth-order valence-electron chi connectivity index (χ4n) is 1.44. The molecule has 1 saturated heterocycles. The van der Waals surface area contributed by atoms with Gasteiger partial charge >= 0.3 is 0 Å². The Balaban J connectivity index is 2.01. The van der Waals surface area contributed by atoms with Gasteiger partial charge in [0.2, 0.25) is 5.13 Å². The molecule has 5 heteroatoms. The average molecular weight is 213 g/mol. The number of hydrogen-bond donors (Lipinski definition) is 1. The van der Waals surface area contributed by atoms with E-state index in [0.29, 0.717) is 12.0 Å². The fourth-order valence-corrected chi connectivity index (χ4v) is 2.24. The van der Waals surface area contributed by atoms with Gasteiger partial charge in [0.25, 0.3) is 0 Å². The summed E-state index contributed by atoms with van der Waals surface area (Å²) >= 11 is 1.44. The van der Waals surface area contributed by atoms with Crippen molar-refractivity contribution >= 4 is 16.7 Å². The molecule has 0 aromatic carbocycles. The standard InChI is InChI=1S/C9H15N3OS/c1-6(2)10-9-11-8(12-14-9)7-3-4-13-5-7/h6-7H,3-5H2,1-2H3,(H,10,11,12). The van der Waals surface area contributed by atoms with Crippen molar-refractivity contribution in [2.24, 2.45) is 0 Å². The number of nitrogens with one attached hydrogen (secondary N) is 1. The smallest absolute Gasteiger partial charge is 0.202 e. The summed E-state index contributed by atoms with van der Waals surface area (Å²) in [5.41, 5.74) is 0. The van der Waals surface area contributed by atoms with Crippen LogP contribution < -0.4 is 5.32 Å². The Labute approximate surface area is 87.9 Å². The monoisotopic (exact) mass is 213 g/mol. The predicted molar refractivity (Wildman–Crippen MR) is 56.8 cm³/mol. The molecule has 1 N–H and O–H groups in total. The molecule has 2 rings (SSSR count). The van der Waals surface area contributed by atoms with Crippen molar-refractivity contribution in [1.82, 2.24) is 9.36 Å². The Morgan fingerprint density at radius 2 is 2.43 bits per heavy atom. The molecule has 0 spiro atoms. The van der Waals surface area contributed by atoms with Gasteiger partial charge in [-0.3, -0.25) is 0 Å². The summed E-state index contributed by atoms with van der Waals surface area (Å²) < 4.78 is 9.65. The minimum Gasteiger partial charge on any atom is -0.381 e. The quantitative estimate of drug-likeness (QED) is 0.832. The van der Waals surface area contributed by atoms with E-state index in [2.05, 4.69) is 28.5 Å². The van der Waals surface area contributed by atoms with Gasteiger partial charge in [0.05, 0.1) is 6.61 Å². The van der Waals surface area contributed by atoms with Crippen LogP contribution in [0.1, 0.15) is 32.0 Å². The molecular formula is C9H15N3OS. The van der Waals surface area contributed by atoms with Crippen LogP contribution in [-0.2, 0) is 4.74 Å². The zero-order valence-corrected chi connectivity index (χ0v) is 9.30. The van der Waals surface area contributed by atoms with Crippen LogP contribution in [0, 0.1) is 0 Å². The lowest BCUT2D eigenvalue weighted by Gasteiger charge is -2.04. The second-order valence-corrected chi connectivity index (χ2v) is 4.57. The van der Waals surface area contributed by atoms with Crippen molar-refractivity contribution in [3.63, 3.8) is 0 Å². The Kier molecular flexibility index (Phi) is 2.98. The van der Waals surface area contributed by atoms with E-state index in [-0.39, 0.29) is 0 Å². The Hall–Kier alpha value is -0.680. The summed E-state index contributed by atoms with van der Waals surface area (Å²) in [4.78, 5) is 4.45. The average Bonchev–Trinajstić information content (AvgIpc) is 2.69. The lowest BCUT2D eigenvalue weighted by molar-refractivity contribution is 0.193. The summed E-state index contributed by atoms with van der Waals surface area (Å²) in [5, 5.41) is 4.17. The minimum atomic E-state index is 0.411. The highest BCUT2D eigenvalue weighted by Gasteiger charge is 2.21. The Morgan fingerprint density at radius 1 is 1.57 bits per heavy atom. The second kappa shape index (κ2) is 4.23. The van der Waals surface area contributed by atoms with E-state index in [1.807, 2.05) is 0 Å². The normalized spacial score (nSPS) is 21.8. The van der Waals surface area contributed by atoms with Gasteiger partial charge in [-0.25, -0.2) is 4.98 Å². The maximum Gasteiger partial charge on any atom is 0.202 e. The van der Waals surface area contributed by atoms with E-state index in [9.17, 15) is 0 Å². The van der Waals surface area contributed by atoms with Crippen LogP contribution in [0.4, 0.5) is 5.13 Å². The van der Waals surface area contributed by atoms with E-state index in [1.54, 1.807) is 0 Å². The molecule has 1 unspecified atom stereocenters. The van der Waals surface area contributed by atoms with E-state index < -0.39 is 0 Å². The van der Waals surface area contributed by atoms with Crippen LogP contribution in [0.3, 0.4) is 0 Å². The van der Waals surface area contributed by atoms with E-state index >= 15 is 0 Å². The Morgan fingerprint density at radius 3 is 3.07 bits per heavy atom. The summed E-state index contributed by atoms with van der Waals surface area (Å²) in [6.45, 7) is 5.81.